The van der Waals surface area contributed by atoms with Gasteiger partial charge in [-0.25, -0.2) is 0 Å². The van der Waals surface area contributed by atoms with E-state index in [1.54, 1.807) is 36.4 Å². The predicted molar refractivity (Wildman–Crippen MR) is 136 cm³/mol. The van der Waals surface area contributed by atoms with Crippen LogP contribution in [0.5, 0.6) is 11.5 Å². The second-order valence-corrected chi connectivity index (χ2v) is 7.95. The van der Waals surface area contributed by atoms with Crippen molar-refractivity contribution in [3.8, 4) is 11.5 Å². The molecule has 34 heavy (non-hydrogen) atoms. The van der Waals surface area contributed by atoms with Crippen LogP contribution in [-0.4, -0.2) is 25.0 Å². The van der Waals surface area contributed by atoms with Crippen molar-refractivity contribution in [3.63, 3.8) is 0 Å². The lowest BCUT2D eigenvalue weighted by molar-refractivity contribution is 0.101. The molecule has 0 unspecified atom stereocenters. The summed E-state index contributed by atoms with van der Waals surface area (Å²) in [4.78, 5) is 25.3. The molecule has 0 aliphatic rings. The molecule has 3 aromatic rings. The molecule has 3 aromatic carbocycles. The van der Waals surface area contributed by atoms with Crippen LogP contribution in [0.2, 0.25) is 0 Å². The van der Waals surface area contributed by atoms with Gasteiger partial charge in [0.2, 0.25) is 0 Å². The molecule has 0 spiro atoms. The molecule has 6 heteroatoms. The van der Waals surface area contributed by atoms with Crippen molar-refractivity contribution in [1.29, 1.82) is 0 Å². The zero-order valence-electron chi connectivity index (χ0n) is 19.8. The Hall–Kier alpha value is -3.80. The molecule has 0 aromatic heterocycles. The van der Waals surface area contributed by atoms with Gasteiger partial charge in [-0.3, -0.25) is 9.59 Å². The fraction of sp³-hybridized carbons (Fsp3) is 0.286. The quantitative estimate of drug-likeness (QED) is 0.301. The molecule has 0 saturated carbocycles. The number of amides is 2. The Morgan fingerprint density at radius 3 is 1.44 bits per heavy atom. The Morgan fingerprint density at radius 2 is 1.06 bits per heavy atom. The van der Waals surface area contributed by atoms with Gasteiger partial charge in [-0.1, -0.05) is 38.8 Å². The first-order valence-corrected chi connectivity index (χ1v) is 11.8. The number of rotatable bonds is 12. The normalized spacial score (nSPS) is 10.4. The lowest BCUT2D eigenvalue weighted by atomic mass is 10.1. The van der Waals surface area contributed by atoms with Crippen LogP contribution < -0.4 is 20.1 Å². The van der Waals surface area contributed by atoms with Crippen molar-refractivity contribution in [1.82, 2.24) is 0 Å². The van der Waals surface area contributed by atoms with Crippen molar-refractivity contribution in [2.24, 2.45) is 0 Å². The van der Waals surface area contributed by atoms with E-state index in [0.717, 1.165) is 37.2 Å². The van der Waals surface area contributed by atoms with E-state index in [9.17, 15) is 9.59 Å². The minimum atomic E-state index is -0.255. The van der Waals surface area contributed by atoms with Gasteiger partial charge in [0, 0.05) is 34.6 Å². The summed E-state index contributed by atoms with van der Waals surface area (Å²) in [5, 5.41) is 5.74. The molecule has 0 atom stereocenters. The predicted octanol–water partition coefficient (Wildman–Crippen LogP) is 6.55. The minimum Gasteiger partial charge on any atom is -0.494 e. The maximum absolute atomic E-state index is 12.6. The number of hydrogen-bond acceptors (Lipinski definition) is 4. The van der Waals surface area contributed by atoms with Crippen LogP contribution in [0.25, 0.3) is 0 Å². The van der Waals surface area contributed by atoms with Crippen molar-refractivity contribution >= 4 is 23.2 Å². The molecular formula is C28H32N2O4. The molecular weight excluding hydrogens is 428 g/mol. The maximum atomic E-state index is 12.6. The van der Waals surface area contributed by atoms with Crippen LogP contribution in [0.4, 0.5) is 11.4 Å². The fourth-order valence-corrected chi connectivity index (χ4v) is 3.18. The summed E-state index contributed by atoms with van der Waals surface area (Å²) in [6, 6.07) is 21.2. The van der Waals surface area contributed by atoms with Crippen LogP contribution in [0, 0.1) is 0 Å². The maximum Gasteiger partial charge on any atom is 0.255 e. The van der Waals surface area contributed by atoms with E-state index < -0.39 is 0 Å². The number of carbonyl (C=O) groups excluding carboxylic acids is 2. The Balaban J connectivity index is 1.57. The molecule has 0 aliphatic heterocycles. The number of nitrogens with one attached hydrogen (secondary N) is 2. The standard InChI is InChI=1S/C28H32N2O4/c1-3-5-17-33-25-11-7-9-23(19-25)29-27(31)21-13-15-22(16-14-21)28(32)30-24-10-8-12-26(20-24)34-18-6-4-2/h7-16,19-20H,3-6,17-18H2,1-2H3,(H,29,31)(H,30,32). The average molecular weight is 461 g/mol. The summed E-state index contributed by atoms with van der Waals surface area (Å²) in [5.41, 5.74) is 2.23. The first kappa shape index (κ1) is 24.8. The van der Waals surface area contributed by atoms with Gasteiger partial charge in [-0.15, -0.1) is 0 Å². The Bertz CT molecular complexity index is 993. The zero-order valence-corrected chi connectivity index (χ0v) is 19.8. The summed E-state index contributed by atoms with van der Waals surface area (Å²) < 4.78 is 11.4. The summed E-state index contributed by atoms with van der Waals surface area (Å²) in [6.45, 7) is 5.51. The van der Waals surface area contributed by atoms with Crippen molar-refractivity contribution in [2.45, 2.75) is 39.5 Å². The van der Waals surface area contributed by atoms with E-state index in [1.807, 2.05) is 36.4 Å². The number of benzene rings is 3. The summed E-state index contributed by atoms with van der Waals surface area (Å²) >= 11 is 0. The number of carbonyl (C=O) groups is 2. The molecule has 178 valence electrons. The molecule has 6 nitrogen and oxygen atoms in total. The topological polar surface area (TPSA) is 76.7 Å². The highest BCUT2D eigenvalue weighted by atomic mass is 16.5. The van der Waals surface area contributed by atoms with E-state index in [-0.39, 0.29) is 11.8 Å². The Labute approximate surface area is 201 Å². The summed E-state index contributed by atoms with van der Waals surface area (Å²) in [6.07, 6.45) is 4.08. The zero-order chi connectivity index (χ0) is 24.2. The van der Waals surface area contributed by atoms with Crippen molar-refractivity contribution < 1.29 is 19.1 Å². The van der Waals surface area contributed by atoms with E-state index in [2.05, 4.69) is 24.5 Å². The van der Waals surface area contributed by atoms with Gasteiger partial charge in [-0.2, -0.15) is 0 Å². The third-order valence-electron chi connectivity index (χ3n) is 5.13. The summed E-state index contributed by atoms with van der Waals surface area (Å²) in [7, 11) is 0. The fourth-order valence-electron chi connectivity index (χ4n) is 3.18. The van der Waals surface area contributed by atoms with Crippen LogP contribution in [0.3, 0.4) is 0 Å². The van der Waals surface area contributed by atoms with E-state index in [0.29, 0.717) is 35.7 Å². The first-order valence-electron chi connectivity index (χ1n) is 11.8. The third-order valence-corrected chi connectivity index (χ3v) is 5.13. The van der Waals surface area contributed by atoms with Crippen molar-refractivity contribution in [2.75, 3.05) is 23.8 Å². The SMILES string of the molecule is CCCCOc1cccc(NC(=O)c2ccc(C(=O)Nc3cccc(OCCCC)c3)cc2)c1. The van der Waals surface area contributed by atoms with Crippen LogP contribution in [0.1, 0.15) is 60.2 Å². The van der Waals surface area contributed by atoms with Gasteiger partial charge in [0.1, 0.15) is 11.5 Å². The van der Waals surface area contributed by atoms with Gasteiger partial charge in [0.05, 0.1) is 13.2 Å². The lowest BCUT2D eigenvalue weighted by Crippen LogP contribution is -2.14. The van der Waals surface area contributed by atoms with Crippen molar-refractivity contribution in [3.05, 3.63) is 83.9 Å². The monoisotopic (exact) mass is 460 g/mol. The molecule has 2 N–H and O–H groups in total. The van der Waals surface area contributed by atoms with Gasteiger partial charge in [-0.05, 0) is 61.4 Å². The highest BCUT2D eigenvalue weighted by Gasteiger charge is 2.11. The number of ether oxygens (including phenoxy) is 2. The highest BCUT2D eigenvalue weighted by molar-refractivity contribution is 6.07. The van der Waals surface area contributed by atoms with Gasteiger partial charge >= 0.3 is 0 Å². The molecule has 3 rings (SSSR count). The second-order valence-electron chi connectivity index (χ2n) is 7.95. The minimum absolute atomic E-state index is 0.255. The van der Waals surface area contributed by atoms with E-state index >= 15 is 0 Å². The number of unbranched alkanes of at least 4 members (excludes halogenated alkanes) is 2. The molecule has 0 aliphatic carbocycles. The molecule has 0 saturated heterocycles. The summed E-state index contributed by atoms with van der Waals surface area (Å²) in [5.74, 6) is 0.931. The molecule has 2 amide bonds. The third kappa shape index (κ3) is 7.66. The average Bonchev–Trinajstić information content (AvgIpc) is 2.85. The first-order chi connectivity index (χ1) is 16.6. The second kappa shape index (κ2) is 13.0. The largest absolute Gasteiger partial charge is 0.494 e. The highest BCUT2D eigenvalue weighted by Crippen LogP contribution is 2.20. The van der Waals surface area contributed by atoms with Gasteiger partial charge < -0.3 is 20.1 Å². The Morgan fingerprint density at radius 1 is 0.647 bits per heavy atom. The molecule has 0 heterocycles. The van der Waals surface area contributed by atoms with Gasteiger partial charge in [0.25, 0.3) is 11.8 Å². The van der Waals surface area contributed by atoms with E-state index in [4.69, 9.17) is 9.47 Å². The molecule has 0 bridgehead atoms. The van der Waals surface area contributed by atoms with Crippen LogP contribution in [-0.2, 0) is 0 Å². The molecule has 0 fully saturated rings. The van der Waals surface area contributed by atoms with Gasteiger partial charge in [0.15, 0.2) is 0 Å². The van der Waals surface area contributed by atoms with E-state index in [1.165, 1.54) is 0 Å². The van der Waals surface area contributed by atoms with Crippen LogP contribution in [0.15, 0.2) is 72.8 Å². The smallest absolute Gasteiger partial charge is 0.255 e. The number of anilines is 2. The Kier molecular flexibility index (Phi) is 9.52. The number of hydrogen-bond donors (Lipinski definition) is 2. The van der Waals surface area contributed by atoms with Crippen LogP contribution >= 0.6 is 0 Å². The lowest BCUT2D eigenvalue weighted by Gasteiger charge is -2.10. The molecule has 0 radical (unpaired) electrons.